The third-order valence-electron chi connectivity index (χ3n) is 3.04. The number of carbonyl (C=O) groups is 1. The van der Waals surface area contributed by atoms with Crippen LogP contribution in [0.1, 0.15) is 15.9 Å². The molecule has 1 amide bonds. The van der Waals surface area contributed by atoms with Gasteiger partial charge in [-0.3, -0.25) is 4.79 Å². The van der Waals surface area contributed by atoms with Crippen LogP contribution in [0.3, 0.4) is 0 Å². The first kappa shape index (κ1) is 16.6. The van der Waals surface area contributed by atoms with E-state index < -0.39 is 0 Å². The molecule has 2 aromatic carbocycles. The highest BCUT2D eigenvalue weighted by Gasteiger charge is 2.13. The molecule has 0 spiro atoms. The summed E-state index contributed by atoms with van der Waals surface area (Å²) in [6.07, 6.45) is 2.05. The average molecular weight is 429 g/mol. The predicted octanol–water partition coefficient (Wildman–Crippen LogP) is 5.21. The highest BCUT2D eigenvalue weighted by atomic mass is 79.9. The Kier molecular flexibility index (Phi) is 5.90. The lowest BCUT2D eigenvalue weighted by atomic mass is 10.1. The SMILES string of the molecule is CSc1ccc(CN(C)C(=O)c2cc(Br)cc(Br)c2)cc1. The zero-order valence-corrected chi connectivity index (χ0v) is 15.8. The van der Waals surface area contributed by atoms with Crippen molar-refractivity contribution in [1.29, 1.82) is 0 Å². The Morgan fingerprint density at radius 3 is 2.19 bits per heavy atom. The molecule has 5 heteroatoms. The summed E-state index contributed by atoms with van der Waals surface area (Å²) in [6.45, 7) is 0.595. The molecule has 0 aliphatic carbocycles. The number of rotatable bonds is 4. The molecule has 0 bridgehead atoms. The number of amides is 1. The summed E-state index contributed by atoms with van der Waals surface area (Å²) in [6, 6.07) is 13.9. The van der Waals surface area contributed by atoms with Crippen LogP contribution in [-0.2, 0) is 6.54 Å². The van der Waals surface area contributed by atoms with Crippen LogP contribution in [0.25, 0.3) is 0 Å². The van der Waals surface area contributed by atoms with Gasteiger partial charge in [0.15, 0.2) is 0 Å². The Morgan fingerprint density at radius 2 is 1.67 bits per heavy atom. The van der Waals surface area contributed by atoms with Gasteiger partial charge in [-0.05, 0) is 42.2 Å². The largest absolute Gasteiger partial charge is 0.337 e. The Labute approximate surface area is 146 Å². The van der Waals surface area contributed by atoms with Crippen molar-refractivity contribution in [2.75, 3.05) is 13.3 Å². The van der Waals surface area contributed by atoms with E-state index in [1.165, 1.54) is 4.90 Å². The van der Waals surface area contributed by atoms with Crippen molar-refractivity contribution in [3.63, 3.8) is 0 Å². The minimum absolute atomic E-state index is 0.00550. The smallest absolute Gasteiger partial charge is 0.253 e. The van der Waals surface area contributed by atoms with Crippen LogP contribution in [0.15, 0.2) is 56.3 Å². The van der Waals surface area contributed by atoms with Crippen molar-refractivity contribution in [1.82, 2.24) is 4.90 Å². The number of benzene rings is 2. The van der Waals surface area contributed by atoms with Gasteiger partial charge in [0, 0.05) is 33.0 Å². The molecule has 0 saturated carbocycles. The number of carbonyl (C=O) groups excluding carboxylic acids is 1. The lowest BCUT2D eigenvalue weighted by Gasteiger charge is -2.18. The first-order valence-corrected chi connectivity index (χ1v) is 9.15. The maximum Gasteiger partial charge on any atom is 0.253 e. The van der Waals surface area contributed by atoms with Gasteiger partial charge in [0.2, 0.25) is 0 Å². The van der Waals surface area contributed by atoms with Gasteiger partial charge < -0.3 is 4.90 Å². The second kappa shape index (κ2) is 7.47. The number of hydrogen-bond donors (Lipinski definition) is 0. The third kappa shape index (κ3) is 4.59. The van der Waals surface area contributed by atoms with Crippen LogP contribution < -0.4 is 0 Å². The van der Waals surface area contributed by atoms with E-state index in [1.54, 1.807) is 16.7 Å². The Hall–Kier alpha value is -0.780. The van der Waals surface area contributed by atoms with Gasteiger partial charge in [0.25, 0.3) is 5.91 Å². The standard InChI is InChI=1S/C16H15Br2NOS/c1-19(10-11-3-5-15(21-2)6-4-11)16(20)12-7-13(17)9-14(18)8-12/h3-9H,10H2,1-2H3. The van der Waals surface area contributed by atoms with E-state index in [0.717, 1.165) is 14.5 Å². The zero-order valence-electron chi connectivity index (χ0n) is 11.8. The van der Waals surface area contributed by atoms with E-state index in [9.17, 15) is 4.79 Å². The van der Waals surface area contributed by atoms with E-state index in [4.69, 9.17) is 0 Å². The van der Waals surface area contributed by atoms with Gasteiger partial charge in [0.1, 0.15) is 0 Å². The van der Waals surface area contributed by atoms with Gasteiger partial charge >= 0.3 is 0 Å². The Balaban J connectivity index is 2.11. The van der Waals surface area contributed by atoms with Crippen molar-refractivity contribution in [2.45, 2.75) is 11.4 Å². The summed E-state index contributed by atoms with van der Waals surface area (Å²) in [5, 5.41) is 0. The quantitative estimate of drug-likeness (QED) is 0.623. The molecule has 2 rings (SSSR count). The molecule has 0 saturated heterocycles. The highest BCUT2D eigenvalue weighted by molar-refractivity contribution is 9.11. The minimum atomic E-state index is 0.00550. The fourth-order valence-corrected chi connectivity index (χ4v) is 3.68. The van der Waals surface area contributed by atoms with E-state index in [0.29, 0.717) is 12.1 Å². The number of hydrogen-bond acceptors (Lipinski definition) is 2. The van der Waals surface area contributed by atoms with Crippen LogP contribution in [0.5, 0.6) is 0 Å². The number of nitrogens with zero attached hydrogens (tertiary/aromatic N) is 1. The van der Waals surface area contributed by atoms with Crippen molar-refractivity contribution >= 4 is 49.5 Å². The van der Waals surface area contributed by atoms with Gasteiger partial charge in [-0.15, -0.1) is 11.8 Å². The summed E-state index contributed by atoms with van der Waals surface area (Å²) in [5.74, 6) is 0.00550. The molecule has 0 aromatic heterocycles. The molecule has 0 atom stereocenters. The van der Waals surface area contributed by atoms with Crippen LogP contribution in [0.4, 0.5) is 0 Å². The fourth-order valence-electron chi connectivity index (χ4n) is 1.97. The molecule has 0 aliphatic rings. The second-order valence-electron chi connectivity index (χ2n) is 4.67. The van der Waals surface area contributed by atoms with Crippen molar-refractivity contribution in [3.05, 3.63) is 62.5 Å². The van der Waals surface area contributed by atoms with Crippen LogP contribution in [0.2, 0.25) is 0 Å². The third-order valence-corrected chi connectivity index (χ3v) is 4.69. The topological polar surface area (TPSA) is 20.3 Å². The lowest BCUT2D eigenvalue weighted by molar-refractivity contribution is 0.0785. The molecule has 21 heavy (non-hydrogen) atoms. The summed E-state index contributed by atoms with van der Waals surface area (Å²) in [5.41, 5.74) is 1.79. The van der Waals surface area contributed by atoms with Crippen LogP contribution >= 0.6 is 43.6 Å². The van der Waals surface area contributed by atoms with Crippen LogP contribution in [0, 0.1) is 0 Å². The van der Waals surface area contributed by atoms with E-state index in [-0.39, 0.29) is 5.91 Å². The van der Waals surface area contributed by atoms with Crippen LogP contribution in [-0.4, -0.2) is 24.1 Å². The summed E-state index contributed by atoms with van der Waals surface area (Å²) >= 11 is 8.53. The first-order chi connectivity index (χ1) is 9.99. The van der Waals surface area contributed by atoms with Crippen molar-refractivity contribution < 1.29 is 4.79 Å². The molecular formula is C16H15Br2NOS. The fraction of sp³-hybridized carbons (Fsp3) is 0.188. The normalized spacial score (nSPS) is 10.5. The lowest BCUT2D eigenvalue weighted by Crippen LogP contribution is -2.26. The molecule has 0 radical (unpaired) electrons. The van der Waals surface area contributed by atoms with Gasteiger partial charge in [-0.2, -0.15) is 0 Å². The number of thioether (sulfide) groups is 1. The minimum Gasteiger partial charge on any atom is -0.337 e. The van der Waals surface area contributed by atoms with E-state index in [2.05, 4.69) is 62.4 Å². The Bertz CT molecular complexity index is 623. The van der Waals surface area contributed by atoms with Gasteiger partial charge in [0.05, 0.1) is 0 Å². The van der Waals surface area contributed by atoms with Gasteiger partial charge in [-0.25, -0.2) is 0 Å². The summed E-state index contributed by atoms with van der Waals surface area (Å²) in [4.78, 5) is 15.4. The Morgan fingerprint density at radius 1 is 1.10 bits per heavy atom. The van der Waals surface area contributed by atoms with Crippen molar-refractivity contribution in [3.8, 4) is 0 Å². The second-order valence-corrected chi connectivity index (χ2v) is 7.38. The molecule has 0 N–H and O–H groups in total. The zero-order chi connectivity index (χ0) is 15.4. The maximum absolute atomic E-state index is 12.5. The van der Waals surface area contributed by atoms with Gasteiger partial charge in [-0.1, -0.05) is 44.0 Å². The summed E-state index contributed by atoms with van der Waals surface area (Å²) in [7, 11) is 1.82. The van der Waals surface area contributed by atoms with E-state index in [1.807, 2.05) is 25.2 Å². The number of halogens is 2. The predicted molar refractivity (Wildman–Crippen MR) is 95.9 cm³/mol. The molecule has 0 heterocycles. The molecule has 0 aliphatic heterocycles. The maximum atomic E-state index is 12.5. The summed E-state index contributed by atoms with van der Waals surface area (Å²) < 4.78 is 1.77. The van der Waals surface area contributed by atoms with Crippen molar-refractivity contribution in [2.24, 2.45) is 0 Å². The first-order valence-electron chi connectivity index (χ1n) is 6.34. The highest BCUT2D eigenvalue weighted by Crippen LogP contribution is 2.21. The molecular weight excluding hydrogens is 414 g/mol. The molecule has 2 aromatic rings. The van der Waals surface area contributed by atoms with E-state index >= 15 is 0 Å². The molecule has 110 valence electrons. The average Bonchev–Trinajstić information content (AvgIpc) is 2.46. The molecule has 0 unspecified atom stereocenters. The molecule has 2 nitrogen and oxygen atoms in total. The monoisotopic (exact) mass is 427 g/mol. The molecule has 0 fully saturated rings.